The van der Waals surface area contributed by atoms with Crippen LogP contribution in [0.1, 0.15) is 39.5 Å². The van der Waals surface area contributed by atoms with E-state index < -0.39 is 6.29 Å². The molecule has 4 heteroatoms. The van der Waals surface area contributed by atoms with Crippen molar-refractivity contribution >= 4 is 23.5 Å². The van der Waals surface area contributed by atoms with E-state index in [4.69, 9.17) is 4.74 Å². The Labute approximate surface area is 136 Å². The SMILES string of the molecule is CC1(C)C[C@H]2C[C@@H]3[C@H](O)OC[C@@H]3[C@@]2(C=C2SCCCS2)C1. The van der Waals surface area contributed by atoms with Crippen LogP contribution in [0.4, 0.5) is 0 Å². The van der Waals surface area contributed by atoms with Crippen LogP contribution in [-0.2, 0) is 4.74 Å². The second-order valence-electron chi connectivity index (χ2n) is 8.10. The molecule has 5 atom stereocenters. The summed E-state index contributed by atoms with van der Waals surface area (Å²) in [4.78, 5) is 0. The maximum Gasteiger partial charge on any atom is 0.157 e. The van der Waals surface area contributed by atoms with Crippen LogP contribution in [0, 0.1) is 28.6 Å². The average molecular weight is 327 g/mol. The number of rotatable bonds is 1. The molecule has 0 radical (unpaired) electrons. The molecule has 1 N–H and O–H groups in total. The molecular weight excluding hydrogens is 300 g/mol. The van der Waals surface area contributed by atoms with Crippen LogP contribution in [0.5, 0.6) is 0 Å². The number of hydrogen-bond donors (Lipinski definition) is 1. The zero-order chi connectivity index (χ0) is 14.7. The van der Waals surface area contributed by atoms with Gasteiger partial charge in [0.05, 0.1) is 6.61 Å². The van der Waals surface area contributed by atoms with Crippen LogP contribution in [-0.4, -0.2) is 29.5 Å². The summed E-state index contributed by atoms with van der Waals surface area (Å²) in [7, 11) is 0. The molecule has 2 saturated carbocycles. The van der Waals surface area contributed by atoms with E-state index >= 15 is 0 Å². The minimum atomic E-state index is -0.509. The Morgan fingerprint density at radius 2 is 2.05 bits per heavy atom. The number of allylic oxidation sites excluding steroid dienone is 1. The molecule has 0 unspecified atom stereocenters. The van der Waals surface area contributed by atoms with Gasteiger partial charge in [-0.1, -0.05) is 19.9 Å². The molecule has 2 heterocycles. The van der Waals surface area contributed by atoms with Crippen molar-refractivity contribution in [2.24, 2.45) is 28.6 Å². The summed E-state index contributed by atoms with van der Waals surface area (Å²) in [5, 5.41) is 10.2. The average Bonchev–Trinajstić information content (AvgIpc) is 2.99. The van der Waals surface area contributed by atoms with Gasteiger partial charge < -0.3 is 9.84 Å². The van der Waals surface area contributed by atoms with Crippen LogP contribution in [0.3, 0.4) is 0 Å². The van der Waals surface area contributed by atoms with Crippen LogP contribution >= 0.6 is 23.5 Å². The van der Waals surface area contributed by atoms with E-state index in [2.05, 4.69) is 19.9 Å². The fourth-order valence-electron chi connectivity index (χ4n) is 5.47. The van der Waals surface area contributed by atoms with Gasteiger partial charge in [0.25, 0.3) is 0 Å². The maximum absolute atomic E-state index is 10.2. The highest BCUT2D eigenvalue weighted by Gasteiger charge is 2.63. The molecule has 0 amide bonds. The third kappa shape index (κ3) is 2.41. The molecule has 0 bridgehead atoms. The van der Waals surface area contributed by atoms with Gasteiger partial charge in [0.2, 0.25) is 0 Å². The molecule has 2 aliphatic heterocycles. The number of aliphatic hydroxyl groups is 1. The topological polar surface area (TPSA) is 29.5 Å². The number of hydrogen-bond acceptors (Lipinski definition) is 4. The van der Waals surface area contributed by atoms with E-state index in [1.165, 1.54) is 30.8 Å². The van der Waals surface area contributed by atoms with Gasteiger partial charge in [-0.2, -0.15) is 0 Å². The first-order valence-electron chi connectivity index (χ1n) is 8.28. The Bertz CT molecular complexity index is 454. The number of thioether (sulfide) groups is 2. The summed E-state index contributed by atoms with van der Waals surface area (Å²) in [6, 6.07) is 0. The van der Waals surface area contributed by atoms with Gasteiger partial charge >= 0.3 is 0 Å². The third-order valence-corrected chi connectivity index (χ3v) is 8.58. The summed E-state index contributed by atoms with van der Waals surface area (Å²) in [6.07, 6.45) is 7.20. The van der Waals surface area contributed by atoms with Gasteiger partial charge in [0.1, 0.15) is 0 Å². The Morgan fingerprint density at radius 3 is 2.81 bits per heavy atom. The van der Waals surface area contributed by atoms with Crippen molar-refractivity contribution < 1.29 is 9.84 Å². The highest BCUT2D eigenvalue weighted by molar-refractivity contribution is 8.22. The second-order valence-corrected chi connectivity index (χ2v) is 10.6. The summed E-state index contributed by atoms with van der Waals surface area (Å²) in [5.74, 6) is 4.21. The molecule has 0 aromatic heterocycles. The first kappa shape index (κ1) is 14.9. The van der Waals surface area contributed by atoms with Crippen molar-refractivity contribution in [1.29, 1.82) is 0 Å². The lowest BCUT2D eigenvalue weighted by molar-refractivity contribution is -0.0856. The minimum absolute atomic E-state index is 0.290. The normalized spacial score (nSPS) is 48.2. The zero-order valence-corrected chi connectivity index (χ0v) is 14.6. The largest absolute Gasteiger partial charge is 0.368 e. The highest BCUT2D eigenvalue weighted by Crippen LogP contribution is 2.68. The van der Waals surface area contributed by atoms with Crippen molar-refractivity contribution in [2.75, 3.05) is 18.1 Å². The number of fused-ring (bicyclic) bond motifs is 3. The van der Waals surface area contributed by atoms with Gasteiger partial charge in [0, 0.05) is 10.2 Å². The molecule has 4 aliphatic rings. The number of ether oxygens (including phenoxy) is 1. The molecule has 118 valence electrons. The molecule has 2 aliphatic carbocycles. The molecule has 0 aromatic rings. The predicted octanol–water partition coefficient (Wildman–Crippen LogP) is 4.11. The van der Waals surface area contributed by atoms with Crippen molar-refractivity contribution in [2.45, 2.75) is 45.8 Å². The predicted molar refractivity (Wildman–Crippen MR) is 90.1 cm³/mol. The first-order chi connectivity index (χ1) is 10.0. The molecule has 0 spiro atoms. The number of aliphatic hydroxyl groups excluding tert-OH is 1. The lowest BCUT2D eigenvalue weighted by Crippen LogP contribution is -2.30. The molecular formula is C17H26O2S2. The van der Waals surface area contributed by atoms with Gasteiger partial charge in [-0.3, -0.25) is 0 Å². The van der Waals surface area contributed by atoms with Crippen LogP contribution in [0.25, 0.3) is 0 Å². The van der Waals surface area contributed by atoms with Gasteiger partial charge in [0.15, 0.2) is 6.29 Å². The first-order valence-corrected chi connectivity index (χ1v) is 10.3. The third-order valence-electron chi connectivity index (χ3n) is 6.08. The smallest absolute Gasteiger partial charge is 0.157 e. The summed E-state index contributed by atoms with van der Waals surface area (Å²) in [6.45, 7) is 5.61. The van der Waals surface area contributed by atoms with E-state index in [9.17, 15) is 5.11 Å². The zero-order valence-electron chi connectivity index (χ0n) is 13.0. The molecule has 4 fully saturated rings. The van der Waals surface area contributed by atoms with E-state index in [0.717, 1.165) is 18.9 Å². The van der Waals surface area contributed by atoms with E-state index in [0.29, 0.717) is 22.7 Å². The van der Waals surface area contributed by atoms with Crippen molar-refractivity contribution in [1.82, 2.24) is 0 Å². The van der Waals surface area contributed by atoms with E-state index in [-0.39, 0.29) is 0 Å². The lowest BCUT2D eigenvalue weighted by atomic mass is 9.71. The lowest BCUT2D eigenvalue weighted by Gasteiger charge is -2.34. The quantitative estimate of drug-likeness (QED) is 0.785. The second kappa shape index (κ2) is 5.19. The van der Waals surface area contributed by atoms with E-state index in [1.807, 2.05) is 23.5 Å². The maximum atomic E-state index is 10.2. The fourth-order valence-corrected chi connectivity index (χ4v) is 8.08. The standard InChI is InChI=1S/C17H26O2S2/c1-16(2)7-11-6-12-13(9-19-15(12)18)17(11,10-16)8-14-20-4-3-5-21-14/h8,11-13,15,18H,3-7,9-10H2,1-2H3/t11-,12+,13+,15-,17+/m1/s1. The molecule has 0 aromatic carbocycles. The van der Waals surface area contributed by atoms with Gasteiger partial charge in [-0.15, -0.1) is 23.5 Å². The monoisotopic (exact) mass is 326 g/mol. The molecule has 2 nitrogen and oxygen atoms in total. The summed E-state index contributed by atoms with van der Waals surface area (Å²) >= 11 is 4.10. The van der Waals surface area contributed by atoms with Crippen LogP contribution in [0.2, 0.25) is 0 Å². The van der Waals surface area contributed by atoms with E-state index in [1.54, 1.807) is 4.24 Å². The highest BCUT2D eigenvalue weighted by atomic mass is 32.2. The summed E-state index contributed by atoms with van der Waals surface area (Å²) in [5.41, 5.74) is 0.725. The van der Waals surface area contributed by atoms with Crippen LogP contribution < -0.4 is 0 Å². The van der Waals surface area contributed by atoms with Crippen LogP contribution in [0.15, 0.2) is 10.3 Å². The van der Waals surface area contributed by atoms with Gasteiger partial charge in [-0.05, 0) is 59.9 Å². The van der Waals surface area contributed by atoms with Crippen molar-refractivity contribution in [3.05, 3.63) is 10.3 Å². The fraction of sp³-hybridized carbons (Fsp3) is 0.882. The summed E-state index contributed by atoms with van der Waals surface area (Å²) < 4.78 is 7.17. The Kier molecular flexibility index (Phi) is 3.68. The van der Waals surface area contributed by atoms with Crippen molar-refractivity contribution in [3.63, 3.8) is 0 Å². The Balaban J connectivity index is 1.70. The Hall–Kier alpha value is 0.360. The molecule has 4 rings (SSSR count). The van der Waals surface area contributed by atoms with Crippen molar-refractivity contribution in [3.8, 4) is 0 Å². The molecule has 21 heavy (non-hydrogen) atoms. The minimum Gasteiger partial charge on any atom is -0.368 e. The Morgan fingerprint density at radius 1 is 1.29 bits per heavy atom. The molecule has 2 saturated heterocycles. The van der Waals surface area contributed by atoms with Gasteiger partial charge in [-0.25, -0.2) is 0 Å².